The molecule has 1 saturated heterocycles. The Bertz CT molecular complexity index is 1050. The molecule has 1 fully saturated rings. The Morgan fingerprint density at radius 1 is 1.24 bits per heavy atom. The van der Waals surface area contributed by atoms with Gasteiger partial charge >= 0.3 is 0 Å². The minimum atomic E-state index is -0.751. The van der Waals surface area contributed by atoms with Crippen LogP contribution in [-0.4, -0.2) is 40.9 Å². The third-order valence-corrected chi connectivity index (χ3v) is 5.11. The molecule has 2 N–H and O–H groups in total. The van der Waals surface area contributed by atoms with E-state index in [4.69, 9.17) is 10.5 Å². The summed E-state index contributed by atoms with van der Waals surface area (Å²) in [5.41, 5.74) is 8.81. The normalized spacial score (nSPS) is 14.6. The van der Waals surface area contributed by atoms with E-state index >= 15 is 0 Å². The van der Waals surface area contributed by atoms with Crippen LogP contribution in [0.4, 0.5) is 15.9 Å². The summed E-state index contributed by atoms with van der Waals surface area (Å²) in [6.07, 6.45) is 5.16. The van der Waals surface area contributed by atoms with Gasteiger partial charge in [0.15, 0.2) is 5.82 Å². The highest BCUT2D eigenvalue weighted by Gasteiger charge is 2.21. The average molecular weight is 392 g/mol. The van der Waals surface area contributed by atoms with Crippen molar-refractivity contribution < 1.29 is 9.13 Å². The number of imidazole rings is 1. The quantitative estimate of drug-likeness (QED) is 0.732. The number of piperidine rings is 1. The first-order chi connectivity index (χ1) is 14.1. The van der Waals surface area contributed by atoms with Crippen molar-refractivity contribution in [3.8, 4) is 28.8 Å². The molecule has 8 heteroatoms. The van der Waals surface area contributed by atoms with Crippen LogP contribution in [0.5, 0.6) is 5.75 Å². The number of alkyl halides is 1. The first-order valence-corrected chi connectivity index (χ1v) is 9.36. The summed E-state index contributed by atoms with van der Waals surface area (Å²) in [7, 11) is 1.60. The fourth-order valence-corrected chi connectivity index (χ4v) is 3.61. The molecule has 3 heterocycles. The van der Waals surface area contributed by atoms with Crippen LogP contribution in [0.3, 0.4) is 0 Å². The Morgan fingerprint density at radius 2 is 2.03 bits per heavy atom. The van der Waals surface area contributed by atoms with Gasteiger partial charge in [-0.05, 0) is 36.6 Å². The Balaban J connectivity index is 1.84. The van der Waals surface area contributed by atoms with Gasteiger partial charge in [0.25, 0.3) is 0 Å². The zero-order chi connectivity index (χ0) is 20.4. The Hall–Kier alpha value is -3.60. The highest BCUT2D eigenvalue weighted by atomic mass is 19.1. The number of benzene rings is 1. The highest BCUT2D eigenvalue weighted by Crippen LogP contribution is 2.35. The molecule has 29 heavy (non-hydrogen) atoms. The molecule has 148 valence electrons. The van der Waals surface area contributed by atoms with E-state index in [0.29, 0.717) is 54.4 Å². The zero-order valence-electron chi connectivity index (χ0n) is 16.0. The fraction of sp³-hybridized carbons (Fsp3) is 0.286. The molecule has 0 saturated carbocycles. The number of methoxy groups -OCH3 is 1. The van der Waals surface area contributed by atoms with Crippen LogP contribution in [-0.2, 0) is 0 Å². The van der Waals surface area contributed by atoms with Crippen LogP contribution in [0.2, 0.25) is 0 Å². The molecule has 2 aromatic heterocycles. The number of nitriles is 1. The van der Waals surface area contributed by atoms with E-state index < -0.39 is 6.17 Å². The largest absolute Gasteiger partial charge is 0.497 e. The van der Waals surface area contributed by atoms with Crippen molar-refractivity contribution in [1.29, 1.82) is 5.26 Å². The number of nitrogen functional groups attached to an aromatic ring is 1. The van der Waals surface area contributed by atoms with Crippen LogP contribution in [0, 0.1) is 11.3 Å². The predicted molar refractivity (Wildman–Crippen MR) is 109 cm³/mol. The van der Waals surface area contributed by atoms with Gasteiger partial charge in [-0.25, -0.2) is 14.4 Å². The second kappa shape index (κ2) is 7.80. The number of pyridine rings is 1. The van der Waals surface area contributed by atoms with Gasteiger partial charge < -0.3 is 15.4 Å². The lowest BCUT2D eigenvalue weighted by atomic mass is 9.99. The molecule has 7 nitrogen and oxygen atoms in total. The van der Waals surface area contributed by atoms with Crippen molar-refractivity contribution in [3.63, 3.8) is 0 Å². The molecule has 0 aliphatic carbocycles. The maximum Gasteiger partial charge on any atom is 0.158 e. The lowest BCUT2D eigenvalue weighted by Crippen LogP contribution is -2.34. The molecule has 3 aromatic rings. The van der Waals surface area contributed by atoms with Crippen LogP contribution in [0.25, 0.3) is 16.9 Å². The molecule has 0 amide bonds. The van der Waals surface area contributed by atoms with E-state index in [9.17, 15) is 9.65 Å². The third-order valence-electron chi connectivity index (χ3n) is 5.11. The summed E-state index contributed by atoms with van der Waals surface area (Å²) < 4.78 is 20.7. The van der Waals surface area contributed by atoms with Gasteiger partial charge in [0.2, 0.25) is 0 Å². The topological polar surface area (TPSA) is 93.0 Å². The number of hydrogen-bond donors (Lipinski definition) is 1. The summed E-state index contributed by atoms with van der Waals surface area (Å²) in [5.74, 6) is 1.37. The molecule has 1 aliphatic rings. The maximum atomic E-state index is 13.6. The number of halogens is 1. The van der Waals surface area contributed by atoms with Gasteiger partial charge in [-0.15, -0.1) is 0 Å². The number of nitrogens with two attached hydrogens (primary N) is 1. The standard InChI is InChI=1S/C21H21FN6O/c1-29-17-9-14(8-16(10-17)27-5-2-15(22)3-6-27)18-11-20(24)26-21(19(18)12-23)28-7-4-25-13-28/h4,7-11,13,15H,2-3,5-6H2,1H3,(H2,24,26). The minimum absolute atomic E-state index is 0.297. The first-order valence-electron chi connectivity index (χ1n) is 9.36. The van der Waals surface area contributed by atoms with Crippen LogP contribution < -0.4 is 15.4 Å². The van der Waals surface area contributed by atoms with Crippen molar-refractivity contribution in [3.05, 3.63) is 48.5 Å². The molecule has 0 radical (unpaired) electrons. The smallest absolute Gasteiger partial charge is 0.158 e. The summed E-state index contributed by atoms with van der Waals surface area (Å²) in [5, 5.41) is 9.88. The van der Waals surface area contributed by atoms with Crippen molar-refractivity contribution in [2.75, 3.05) is 30.8 Å². The van der Waals surface area contributed by atoms with Gasteiger partial charge in [0.1, 0.15) is 35.7 Å². The Morgan fingerprint density at radius 3 is 2.69 bits per heavy atom. The van der Waals surface area contributed by atoms with Crippen molar-refractivity contribution in [1.82, 2.24) is 14.5 Å². The van der Waals surface area contributed by atoms with Crippen molar-refractivity contribution in [2.45, 2.75) is 19.0 Å². The molecular formula is C21H21FN6O. The van der Waals surface area contributed by atoms with Gasteiger partial charge in [-0.3, -0.25) is 4.57 Å². The van der Waals surface area contributed by atoms with Crippen molar-refractivity contribution in [2.24, 2.45) is 0 Å². The molecular weight excluding hydrogens is 371 g/mol. The molecule has 0 atom stereocenters. The second-order valence-electron chi connectivity index (χ2n) is 6.96. The number of aromatic nitrogens is 3. The average Bonchev–Trinajstić information content (AvgIpc) is 3.28. The van der Waals surface area contributed by atoms with Crippen LogP contribution in [0.15, 0.2) is 43.0 Å². The number of hydrogen-bond acceptors (Lipinski definition) is 6. The molecule has 0 unspecified atom stereocenters. The molecule has 1 aromatic carbocycles. The van der Waals surface area contributed by atoms with Crippen molar-refractivity contribution >= 4 is 11.5 Å². The minimum Gasteiger partial charge on any atom is -0.497 e. The zero-order valence-corrected chi connectivity index (χ0v) is 16.0. The summed E-state index contributed by atoms with van der Waals surface area (Å²) in [6.45, 7) is 1.27. The van der Waals surface area contributed by atoms with E-state index in [1.807, 2.05) is 18.2 Å². The lowest BCUT2D eigenvalue weighted by Gasteiger charge is -2.31. The SMILES string of the molecule is COc1cc(-c2cc(N)nc(-n3ccnc3)c2C#N)cc(N2CCC(F)CC2)c1. The molecule has 1 aliphatic heterocycles. The van der Waals surface area contributed by atoms with Gasteiger partial charge in [0.05, 0.1) is 7.11 Å². The summed E-state index contributed by atoms with van der Waals surface area (Å²) in [6, 6.07) is 9.70. The van der Waals surface area contributed by atoms with Gasteiger partial charge in [-0.1, -0.05) is 0 Å². The number of ether oxygens (including phenoxy) is 1. The van der Waals surface area contributed by atoms with E-state index in [0.717, 1.165) is 11.3 Å². The highest BCUT2D eigenvalue weighted by molar-refractivity contribution is 5.79. The lowest BCUT2D eigenvalue weighted by molar-refractivity contribution is 0.277. The number of rotatable bonds is 4. The number of anilines is 2. The molecule has 0 spiro atoms. The third kappa shape index (κ3) is 3.72. The van der Waals surface area contributed by atoms with E-state index in [1.165, 1.54) is 0 Å². The Labute approximate surface area is 168 Å². The first kappa shape index (κ1) is 18.7. The van der Waals surface area contributed by atoms with E-state index in [1.54, 1.807) is 36.5 Å². The van der Waals surface area contributed by atoms with Crippen LogP contribution >= 0.6 is 0 Å². The summed E-state index contributed by atoms with van der Waals surface area (Å²) >= 11 is 0. The predicted octanol–water partition coefficient (Wildman–Crippen LogP) is 3.34. The van der Waals surface area contributed by atoms with E-state index in [2.05, 4.69) is 20.9 Å². The molecule has 4 rings (SSSR count). The van der Waals surface area contributed by atoms with Crippen LogP contribution in [0.1, 0.15) is 18.4 Å². The fourth-order valence-electron chi connectivity index (χ4n) is 3.61. The summed E-state index contributed by atoms with van der Waals surface area (Å²) in [4.78, 5) is 10.5. The Kier molecular flexibility index (Phi) is 5.04. The number of nitrogens with zero attached hydrogens (tertiary/aromatic N) is 5. The maximum absolute atomic E-state index is 13.6. The van der Waals surface area contributed by atoms with Gasteiger partial charge in [-0.2, -0.15) is 5.26 Å². The molecule has 0 bridgehead atoms. The second-order valence-corrected chi connectivity index (χ2v) is 6.96. The monoisotopic (exact) mass is 392 g/mol. The van der Waals surface area contributed by atoms with Gasteiger partial charge in [0, 0.05) is 42.8 Å². The van der Waals surface area contributed by atoms with E-state index in [-0.39, 0.29) is 0 Å².